The smallest absolute Gasteiger partial charge is 0.341 e. The highest BCUT2D eigenvalue weighted by atomic mass is 19.1. The van der Waals surface area contributed by atoms with Gasteiger partial charge in [0.1, 0.15) is 11.5 Å². The summed E-state index contributed by atoms with van der Waals surface area (Å²) in [5.41, 5.74) is 2.32. The molecular formula is C24H27FN4O4. The second kappa shape index (κ2) is 9.71. The van der Waals surface area contributed by atoms with Crippen LogP contribution in [0, 0.1) is 22.6 Å². The van der Waals surface area contributed by atoms with Crippen LogP contribution in [0.15, 0.2) is 18.2 Å². The van der Waals surface area contributed by atoms with Gasteiger partial charge in [-0.3, -0.25) is 9.48 Å². The van der Waals surface area contributed by atoms with Gasteiger partial charge in [-0.15, -0.1) is 0 Å². The number of nitrogens with one attached hydrogen (secondary N) is 1. The number of benzene rings is 1. The van der Waals surface area contributed by atoms with E-state index in [1.165, 1.54) is 12.1 Å². The van der Waals surface area contributed by atoms with Crippen LogP contribution in [0.3, 0.4) is 0 Å². The predicted octanol–water partition coefficient (Wildman–Crippen LogP) is 2.79. The molecule has 0 saturated carbocycles. The van der Waals surface area contributed by atoms with E-state index in [4.69, 9.17) is 14.7 Å². The van der Waals surface area contributed by atoms with Crippen LogP contribution in [0.25, 0.3) is 0 Å². The maximum atomic E-state index is 13.9. The number of esters is 1. The highest BCUT2D eigenvalue weighted by molar-refractivity contribution is 5.95. The second-order valence-corrected chi connectivity index (χ2v) is 8.61. The number of amides is 1. The van der Waals surface area contributed by atoms with Gasteiger partial charge in [0.15, 0.2) is 0 Å². The van der Waals surface area contributed by atoms with Crippen LogP contribution in [0.1, 0.15) is 63.9 Å². The molecule has 2 aromatic rings. The minimum atomic E-state index is -0.803. The van der Waals surface area contributed by atoms with Crippen molar-refractivity contribution < 1.29 is 23.5 Å². The number of carbonyl (C=O) groups excluding carboxylic acids is 2. The van der Waals surface area contributed by atoms with Crippen LogP contribution in [-0.2, 0) is 28.9 Å². The van der Waals surface area contributed by atoms with Gasteiger partial charge < -0.3 is 14.8 Å². The fraction of sp³-hybridized carbons (Fsp3) is 0.500. The van der Waals surface area contributed by atoms with Crippen LogP contribution in [0.4, 0.5) is 4.39 Å². The summed E-state index contributed by atoms with van der Waals surface area (Å²) in [5, 5.41) is 16.7. The summed E-state index contributed by atoms with van der Waals surface area (Å²) < 4.78 is 26.5. The molecule has 1 spiro atoms. The molecule has 1 aromatic heterocycles. The van der Waals surface area contributed by atoms with Crippen molar-refractivity contribution in [1.82, 2.24) is 15.1 Å². The van der Waals surface area contributed by atoms with Crippen LogP contribution < -0.4 is 5.32 Å². The average Bonchev–Trinajstić information content (AvgIpc) is 3.11. The van der Waals surface area contributed by atoms with Gasteiger partial charge in [-0.25, -0.2) is 9.18 Å². The topological polar surface area (TPSA) is 106 Å². The lowest BCUT2D eigenvalue weighted by Crippen LogP contribution is -2.40. The maximum absolute atomic E-state index is 13.9. The molecule has 0 atom stereocenters. The van der Waals surface area contributed by atoms with Crippen LogP contribution in [0.2, 0.25) is 0 Å². The van der Waals surface area contributed by atoms with Crippen molar-refractivity contribution in [3.8, 4) is 6.07 Å². The molecule has 0 radical (unpaired) electrons. The van der Waals surface area contributed by atoms with Gasteiger partial charge in [-0.2, -0.15) is 10.4 Å². The van der Waals surface area contributed by atoms with Gasteiger partial charge in [0.05, 0.1) is 29.5 Å². The van der Waals surface area contributed by atoms with Gasteiger partial charge >= 0.3 is 5.97 Å². The highest BCUT2D eigenvalue weighted by Crippen LogP contribution is 2.37. The molecule has 2 aliphatic heterocycles. The first-order chi connectivity index (χ1) is 16.0. The van der Waals surface area contributed by atoms with Gasteiger partial charge in [0, 0.05) is 31.9 Å². The minimum Gasteiger partial charge on any atom is -0.462 e. The molecule has 3 heterocycles. The van der Waals surface area contributed by atoms with E-state index in [-0.39, 0.29) is 29.1 Å². The lowest BCUT2D eigenvalue weighted by atomic mass is 9.75. The summed E-state index contributed by atoms with van der Waals surface area (Å²) in [6.07, 6.45) is 3.54. The van der Waals surface area contributed by atoms with Gasteiger partial charge in [0.2, 0.25) is 0 Å². The number of fused-ring (bicyclic) bond motifs is 1. The lowest BCUT2D eigenvalue weighted by molar-refractivity contribution is 0.0160. The van der Waals surface area contributed by atoms with E-state index in [0.717, 1.165) is 36.6 Å². The van der Waals surface area contributed by atoms with Gasteiger partial charge in [-0.1, -0.05) is 0 Å². The van der Waals surface area contributed by atoms with Crippen molar-refractivity contribution in [1.29, 1.82) is 5.26 Å². The SMILES string of the molecule is CCn1nc(CCCOC(=O)c2cc(C#N)ccc2F)c2c1C(=O)NCC1(CCOCC1)C2. The third-order valence-corrected chi connectivity index (χ3v) is 6.48. The Balaban J connectivity index is 1.45. The molecule has 33 heavy (non-hydrogen) atoms. The molecular weight excluding hydrogens is 427 g/mol. The molecule has 8 nitrogen and oxygen atoms in total. The van der Waals surface area contributed by atoms with Crippen LogP contribution in [-0.4, -0.2) is 48.0 Å². The van der Waals surface area contributed by atoms with Crippen molar-refractivity contribution in [3.63, 3.8) is 0 Å². The van der Waals surface area contributed by atoms with E-state index < -0.39 is 11.8 Å². The monoisotopic (exact) mass is 454 g/mol. The molecule has 174 valence electrons. The number of aryl methyl sites for hydroxylation is 2. The van der Waals surface area contributed by atoms with Crippen LogP contribution >= 0.6 is 0 Å². The van der Waals surface area contributed by atoms with E-state index in [0.29, 0.717) is 44.8 Å². The summed E-state index contributed by atoms with van der Waals surface area (Å²) >= 11 is 0. The summed E-state index contributed by atoms with van der Waals surface area (Å²) in [5.74, 6) is -1.63. The maximum Gasteiger partial charge on any atom is 0.341 e. The first kappa shape index (κ1) is 22.9. The number of halogens is 1. The number of nitrogens with zero attached hydrogens (tertiary/aromatic N) is 3. The number of nitriles is 1. The number of ether oxygens (including phenoxy) is 2. The van der Waals surface area contributed by atoms with Gasteiger partial charge in [-0.05, 0) is 62.6 Å². The molecule has 9 heteroatoms. The van der Waals surface area contributed by atoms with E-state index in [1.54, 1.807) is 4.68 Å². The molecule has 0 bridgehead atoms. The Kier molecular flexibility index (Phi) is 6.75. The van der Waals surface area contributed by atoms with E-state index >= 15 is 0 Å². The first-order valence-electron chi connectivity index (χ1n) is 11.3. The number of carbonyl (C=O) groups is 2. The van der Waals surface area contributed by atoms with E-state index in [2.05, 4.69) is 10.4 Å². The fourth-order valence-electron chi connectivity index (χ4n) is 4.60. The Hall–Kier alpha value is -3.25. The normalized spacial score (nSPS) is 17.1. The summed E-state index contributed by atoms with van der Waals surface area (Å²) in [6, 6.07) is 5.46. The highest BCUT2D eigenvalue weighted by Gasteiger charge is 2.39. The summed E-state index contributed by atoms with van der Waals surface area (Å²) in [6.45, 7) is 4.59. The largest absolute Gasteiger partial charge is 0.462 e. The minimum absolute atomic E-state index is 0.0364. The molecule has 2 aliphatic rings. The number of hydrogen-bond donors (Lipinski definition) is 1. The van der Waals surface area contributed by atoms with Crippen molar-refractivity contribution in [3.05, 3.63) is 52.1 Å². The van der Waals surface area contributed by atoms with Crippen molar-refractivity contribution in [2.45, 2.75) is 45.6 Å². The number of rotatable bonds is 6. The molecule has 4 rings (SSSR count). The third-order valence-electron chi connectivity index (χ3n) is 6.48. The predicted molar refractivity (Wildman–Crippen MR) is 116 cm³/mol. The Morgan fingerprint density at radius 1 is 1.39 bits per heavy atom. The molecule has 1 N–H and O–H groups in total. The van der Waals surface area contributed by atoms with E-state index in [9.17, 15) is 14.0 Å². The molecule has 1 amide bonds. The lowest BCUT2D eigenvalue weighted by Gasteiger charge is -2.36. The Morgan fingerprint density at radius 3 is 2.91 bits per heavy atom. The van der Waals surface area contributed by atoms with Crippen molar-refractivity contribution >= 4 is 11.9 Å². The van der Waals surface area contributed by atoms with Crippen molar-refractivity contribution in [2.24, 2.45) is 5.41 Å². The Morgan fingerprint density at radius 2 is 2.18 bits per heavy atom. The Labute approximate surface area is 191 Å². The standard InChI is InChI=1S/C24H27FN4O4/c1-2-29-21-18(13-24(15-27-22(21)30)7-10-32-11-8-24)20(28-29)4-3-9-33-23(31)17-12-16(14-26)5-6-19(17)25/h5-6,12H,2-4,7-11,13,15H2,1H3,(H,27,30). The van der Waals surface area contributed by atoms with Gasteiger partial charge in [0.25, 0.3) is 5.91 Å². The average molecular weight is 455 g/mol. The second-order valence-electron chi connectivity index (χ2n) is 8.61. The fourth-order valence-corrected chi connectivity index (χ4v) is 4.60. The number of aromatic nitrogens is 2. The molecule has 0 unspecified atom stereocenters. The van der Waals surface area contributed by atoms with Crippen molar-refractivity contribution in [2.75, 3.05) is 26.4 Å². The zero-order valence-corrected chi connectivity index (χ0v) is 18.7. The zero-order chi connectivity index (χ0) is 23.4. The third kappa shape index (κ3) is 4.76. The quantitative estimate of drug-likeness (QED) is 0.531. The molecule has 1 fully saturated rings. The summed E-state index contributed by atoms with van der Waals surface area (Å²) in [4.78, 5) is 25.1. The molecule has 1 aromatic carbocycles. The molecule has 0 aliphatic carbocycles. The number of hydrogen-bond acceptors (Lipinski definition) is 6. The first-order valence-corrected chi connectivity index (χ1v) is 11.3. The van der Waals surface area contributed by atoms with E-state index in [1.807, 2.05) is 13.0 Å². The Bertz CT molecular complexity index is 1100. The van der Waals surface area contributed by atoms with Crippen LogP contribution in [0.5, 0.6) is 0 Å². The summed E-state index contributed by atoms with van der Waals surface area (Å²) in [7, 11) is 0. The molecule has 1 saturated heterocycles. The zero-order valence-electron chi connectivity index (χ0n) is 18.7.